The maximum absolute atomic E-state index is 6.54. The first-order chi connectivity index (χ1) is 25.1. The summed E-state index contributed by atoms with van der Waals surface area (Å²) < 4.78 is 82.4. The van der Waals surface area contributed by atoms with Crippen LogP contribution in [0.25, 0.3) is 0 Å². The van der Waals surface area contributed by atoms with Gasteiger partial charge in [-0.05, 0) is 64.7 Å². The average Bonchev–Trinajstić information content (AvgIpc) is 3.16. The highest BCUT2D eigenvalue weighted by atomic mass is 28.4. The Hall–Kier alpha value is 0.228. The van der Waals surface area contributed by atoms with Crippen molar-refractivity contribution in [3.63, 3.8) is 0 Å². The predicted octanol–water partition coefficient (Wildman–Crippen LogP) is 2.98. The van der Waals surface area contributed by atoms with Gasteiger partial charge in [0.1, 0.15) is 0 Å². The molecule has 0 aromatic carbocycles. The van der Waals surface area contributed by atoms with E-state index < -0.39 is 35.2 Å². The molecule has 0 aromatic rings. The molecule has 0 aromatic heterocycles. The van der Waals surface area contributed by atoms with E-state index in [4.69, 9.17) is 62.6 Å². The lowest BCUT2D eigenvalue weighted by Crippen LogP contribution is -2.53. The molecule has 0 saturated carbocycles. The highest BCUT2D eigenvalue weighted by molar-refractivity contribution is 6.61. The maximum Gasteiger partial charge on any atom is 0.500 e. The average molecular weight is 821 g/mol. The number of hydrogen-bond donors (Lipinski definition) is 0. The minimum absolute atomic E-state index is 0.167. The lowest BCUT2D eigenvalue weighted by atomic mass is 10.3. The van der Waals surface area contributed by atoms with Crippen LogP contribution >= 0.6 is 0 Å². The minimum atomic E-state index is -2.76. The van der Waals surface area contributed by atoms with Gasteiger partial charge in [-0.15, -0.1) is 0 Å². The van der Waals surface area contributed by atoms with Crippen molar-refractivity contribution in [3.8, 4) is 0 Å². The SMILES string of the molecule is CO[Si](CCCN1CCC[Si](OC)(OC)OC(COCCCCOCC2CN(CCC[Si](OC)(OC)OC)CCC[Si](OC)(OC)O2)C1)(OC)OC. The summed E-state index contributed by atoms with van der Waals surface area (Å²) in [5.74, 6) is 0. The summed E-state index contributed by atoms with van der Waals surface area (Å²) >= 11 is 0. The molecule has 2 saturated heterocycles. The molecule has 0 bridgehead atoms. The molecule has 0 amide bonds. The molecule has 2 fully saturated rings. The summed E-state index contributed by atoms with van der Waals surface area (Å²) in [4.78, 5) is 4.84. The van der Waals surface area contributed by atoms with E-state index in [0.717, 1.165) is 102 Å². The Labute approximate surface area is 318 Å². The van der Waals surface area contributed by atoms with Gasteiger partial charge in [0.25, 0.3) is 0 Å². The fraction of sp³-hybridized carbons (Fsp3) is 1.00. The zero-order valence-electron chi connectivity index (χ0n) is 33.9. The van der Waals surface area contributed by atoms with E-state index in [9.17, 15) is 0 Å². The Bertz CT molecular complexity index is 821. The molecule has 2 heterocycles. The van der Waals surface area contributed by atoms with E-state index in [1.165, 1.54) is 0 Å². The smallest absolute Gasteiger partial charge is 0.379 e. The molecule has 0 spiro atoms. The fourth-order valence-corrected chi connectivity index (χ4v) is 14.5. The van der Waals surface area contributed by atoms with Gasteiger partial charge in [-0.2, -0.15) is 0 Å². The predicted molar refractivity (Wildman–Crippen MR) is 204 cm³/mol. The molecule has 2 unspecified atom stereocenters. The van der Waals surface area contributed by atoms with E-state index in [0.29, 0.717) is 26.4 Å². The second kappa shape index (κ2) is 26.2. The molecule has 20 heteroatoms. The van der Waals surface area contributed by atoms with Crippen molar-refractivity contribution >= 4 is 35.2 Å². The molecule has 16 nitrogen and oxygen atoms in total. The van der Waals surface area contributed by atoms with Gasteiger partial charge in [-0.25, -0.2) is 0 Å². The van der Waals surface area contributed by atoms with Crippen molar-refractivity contribution in [2.75, 3.05) is 137 Å². The molecule has 0 radical (unpaired) electrons. The van der Waals surface area contributed by atoms with Crippen LogP contribution in [0.15, 0.2) is 0 Å². The van der Waals surface area contributed by atoms with Gasteiger partial charge in [-0.1, -0.05) is 0 Å². The second-order valence-electron chi connectivity index (χ2n) is 13.1. The first kappa shape index (κ1) is 48.4. The van der Waals surface area contributed by atoms with E-state index in [2.05, 4.69) is 9.80 Å². The van der Waals surface area contributed by atoms with E-state index in [1.807, 2.05) is 0 Å². The minimum Gasteiger partial charge on any atom is -0.379 e. The Morgan fingerprint density at radius 3 is 1.17 bits per heavy atom. The molecule has 52 heavy (non-hydrogen) atoms. The van der Waals surface area contributed by atoms with Crippen LogP contribution in [0.3, 0.4) is 0 Å². The zero-order valence-corrected chi connectivity index (χ0v) is 37.9. The number of unbranched alkanes of at least 4 members (excludes halogenated alkanes) is 1. The zero-order chi connectivity index (χ0) is 38.4. The highest BCUT2D eigenvalue weighted by Crippen LogP contribution is 2.25. The van der Waals surface area contributed by atoms with Crippen molar-refractivity contribution in [2.45, 2.75) is 74.9 Å². The van der Waals surface area contributed by atoms with E-state index >= 15 is 0 Å². The first-order valence-corrected chi connectivity index (χ1v) is 26.3. The van der Waals surface area contributed by atoms with Crippen molar-refractivity contribution in [3.05, 3.63) is 0 Å². The molecule has 2 aliphatic heterocycles. The standard InChI is InChI=1S/C32H72N2O14Si4/c1-35-49(36-2,37-3)23-13-17-33-19-15-25-51(41-7,42-8)47-31(27-33)29-45-21-11-12-22-46-30-32-28-34(18-14-24-50(38-4,39-5)40-6)20-16-26-52(43-9,44-10)48-32/h31-32H,11-30H2,1-10H3. The van der Waals surface area contributed by atoms with Crippen LogP contribution in [-0.2, 0) is 62.6 Å². The van der Waals surface area contributed by atoms with Crippen molar-refractivity contribution in [1.82, 2.24) is 9.80 Å². The third kappa shape index (κ3) is 16.0. The quantitative estimate of drug-likeness (QED) is 0.0887. The number of rotatable bonds is 27. The Morgan fingerprint density at radius 2 is 0.865 bits per heavy atom. The van der Waals surface area contributed by atoms with Crippen LogP contribution in [0.1, 0.15) is 38.5 Å². The van der Waals surface area contributed by atoms with Crippen molar-refractivity contribution < 1.29 is 62.6 Å². The van der Waals surface area contributed by atoms with Gasteiger partial charge in [-0.3, -0.25) is 0 Å². The molecular formula is C32H72N2O14Si4. The first-order valence-electron chi connectivity index (χ1n) is 18.6. The summed E-state index contributed by atoms with van der Waals surface area (Å²) in [6.45, 7) is 7.21. The van der Waals surface area contributed by atoms with Gasteiger partial charge in [0.15, 0.2) is 0 Å². The monoisotopic (exact) mass is 820 g/mol. The van der Waals surface area contributed by atoms with Gasteiger partial charge in [0.2, 0.25) is 0 Å². The van der Waals surface area contributed by atoms with Gasteiger partial charge >= 0.3 is 35.2 Å². The number of ether oxygens (including phenoxy) is 2. The second-order valence-corrected chi connectivity index (χ2v) is 25.1. The summed E-state index contributed by atoms with van der Waals surface area (Å²) in [6, 6.07) is 3.02. The Kier molecular flexibility index (Phi) is 24.4. The molecule has 310 valence electrons. The summed E-state index contributed by atoms with van der Waals surface area (Å²) in [5.41, 5.74) is 0. The van der Waals surface area contributed by atoms with Crippen LogP contribution in [-0.4, -0.2) is 194 Å². The molecular weight excluding hydrogens is 749 g/mol. The van der Waals surface area contributed by atoms with Crippen LogP contribution in [0.4, 0.5) is 0 Å². The summed E-state index contributed by atoms with van der Waals surface area (Å²) in [6.07, 6.45) is 5.06. The Balaban J connectivity index is 1.83. The fourth-order valence-electron chi connectivity index (χ4n) is 6.83. The topological polar surface area (TPSA) is 136 Å². The van der Waals surface area contributed by atoms with Crippen LogP contribution in [0.5, 0.6) is 0 Å². The molecule has 2 aliphatic rings. The number of hydrogen-bond acceptors (Lipinski definition) is 16. The highest BCUT2D eigenvalue weighted by Gasteiger charge is 2.45. The normalized spacial score (nSPS) is 22.5. The maximum atomic E-state index is 6.54. The van der Waals surface area contributed by atoms with Gasteiger partial charge < -0.3 is 72.4 Å². The van der Waals surface area contributed by atoms with E-state index in [1.54, 1.807) is 71.1 Å². The molecule has 2 rings (SSSR count). The summed E-state index contributed by atoms with van der Waals surface area (Å²) in [5, 5.41) is 0. The van der Waals surface area contributed by atoms with E-state index in [-0.39, 0.29) is 12.2 Å². The largest absolute Gasteiger partial charge is 0.500 e. The van der Waals surface area contributed by atoms with Crippen molar-refractivity contribution in [2.24, 2.45) is 0 Å². The van der Waals surface area contributed by atoms with Gasteiger partial charge in [0.05, 0.1) is 25.4 Å². The molecule has 0 N–H and O–H groups in total. The Morgan fingerprint density at radius 1 is 0.519 bits per heavy atom. The van der Waals surface area contributed by atoms with Crippen LogP contribution < -0.4 is 0 Å². The van der Waals surface area contributed by atoms with Crippen LogP contribution in [0.2, 0.25) is 24.2 Å². The third-order valence-electron chi connectivity index (χ3n) is 9.99. The lowest BCUT2D eigenvalue weighted by Gasteiger charge is -2.37. The number of nitrogens with zero attached hydrogens (tertiary/aromatic N) is 2. The molecule has 2 atom stereocenters. The summed E-state index contributed by atoms with van der Waals surface area (Å²) in [7, 11) is 5.91. The van der Waals surface area contributed by atoms with Crippen molar-refractivity contribution in [1.29, 1.82) is 0 Å². The molecule has 0 aliphatic carbocycles. The van der Waals surface area contributed by atoms with Crippen LogP contribution in [0, 0.1) is 0 Å². The lowest BCUT2D eigenvalue weighted by molar-refractivity contribution is -0.0287. The third-order valence-corrected chi connectivity index (χ3v) is 21.5. The van der Waals surface area contributed by atoms with Gasteiger partial charge in [0, 0.05) is 122 Å².